The van der Waals surface area contributed by atoms with Gasteiger partial charge < -0.3 is 0 Å². The maximum Gasteiger partial charge on any atom is 0.0967 e. The van der Waals surface area contributed by atoms with Crippen molar-refractivity contribution in [2.75, 3.05) is 13.1 Å². The van der Waals surface area contributed by atoms with Crippen LogP contribution in [0.1, 0.15) is 47.0 Å². The molecule has 0 saturated carbocycles. The summed E-state index contributed by atoms with van der Waals surface area (Å²) in [5, 5.41) is 8.65. The first-order chi connectivity index (χ1) is 15.8. The Morgan fingerprint density at radius 2 is 1.56 bits per heavy atom. The molecule has 0 N–H and O–H groups in total. The van der Waals surface area contributed by atoms with Gasteiger partial charge in [0.05, 0.1) is 24.1 Å². The largest absolute Gasteiger partial charge is 0.297 e. The van der Waals surface area contributed by atoms with Crippen LogP contribution >= 0.6 is 0 Å². The van der Waals surface area contributed by atoms with E-state index in [-0.39, 0.29) is 0 Å². The van der Waals surface area contributed by atoms with Gasteiger partial charge in [-0.25, -0.2) is 4.68 Å². The molecule has 5 rings (SSSR count). The zero-order chi connectivity index (χ0) is 21.6. The highest BCUT2D eigenvalue weighted by Gasteiger charge is 2.21. The van der Waals surface area contributed by atoms with E-state index in [2.05, 4.69) is 61.6 Å². The zero-order valence-corrected chi connectivity index (χ0v) is 18.2. The van der Waals surface area contributed by atoms with Gasteiger partial charge in [0.25, 0.3) is 0 Å². The van der Waals surface area contributed by atoms with Crippen molar-refractivity contribution < 1.29 is 0 Å². The van der Waals surface area contributed by atoms with Crippen LogP contribution in [0.25, 0.3) is 0 Å². The van der Waals surface area contributed by atoms with Gasteiger partial charge in [-0.3, -0.25) is 14.9 Å². The Hall–Kier alpha value is -3.38. The minimum absolute atomic E-state index is 0.620. The van der Waals surface area contributed by atoms with Crippen LogP contribution in [0.15, 0.2) is 79.3 Å². The molecule has 0 spiro atoms. The Balaban J connectivity index is 1.14. The summed E-state index contributed by atoms with van der Waals surface area (Å²) in [6.07, 6.45) is 8.96. The number of piperidine rings is 1. The highest BCUT2D eigenvalue weighted by atomic mass is 15.4. The molecule has 6 heteroatoms. The summed E-state index contributed by atoms with van der Waals surface area (Å²) in [7, 11) is 0. The summed E-state index contributed by atoms with van der Waals surface area (Å²) in [5.41, 5.74) is 5.94. The van der Waals surface area contributed by atoms with E-state index in [0.717, 1.165) is 43.1 Å². The van der Waals surface area contributed by atoms with Crippen LogP contribution in [0, 0.1) is 0 Å². The SMILES string of the molecule is c1ccc(Cc2cccc(C3CCN(Cc4cn(Cc5ccccn5)nn4)CC3)c2)nc1. The molecule has 4 aromatic rings. The van der Waals surface area contributed by atoms with E-state index in [1.165, 1.54) is 24.0 Å². The Morgan fingerprint density at radius 1 is 0.781 bits per heavy atom. The van der Waals surface area contributed by atoms with Gasteiger partial charge in [-0.15, -0.1) is 5.10 Å². The van der Waals surface area contributed by atoms with E-state index in [1.54, 1.807) is 0 Å². The molecule has 1 aromatic carbocycles. The van der Waals surface area contributed by atoms with Gasteiger partial charge in [-0.05, 0) is 67.2 Å². The molecule has 0 amide bonds. The van der Waals surface area contributed by atoms with Crippen molar-refractivity contribution >= 4 is 0 Å². The molecule has 0 unspecified atom stereocenters. The van der Waals surface area contributed by atoms with Crippen molar-refractivity contribution in [2.24, 2.45) is 0 Å². The van der Waals surface area contributed by atoms with Gasteiger partial charge in [0.15, 0.2) is 0 Å². The summed E-state index contributed by atoms with van der Waals surface area (Å²) in [6.45, 7) is 3.68. The molecule has 1 aliphatic rings. The summed E-state index contributed by atoms with van der Waals surface area (Å²) in [6, 6.07) is 21.1. The maximum atomic E-state index is 4.47. The minimum atomic E-state index is 0.620. The first-order valence-corrected chi connectivity index (χ1v) is 11.3. The molecule has 0 radical (unpaired) electrons. The monoisotopic (exact) mass is 424 g/mol. The lowest BCUT2D eigenvalue weighted by molar-refractivity contribution is 0.202. The van der Waals surface area contributed by atoms with Gasteiger partial charge in [-0.2, -0.15) is 0 Å². The number of aromatic nitrogens is 5. The molecule has 1 aliphatic heterocycles. The average molecular weight is 425 g/mol. The smallest absolute Gasteiger partial charge is 0.0967 e. The normalized spacial score (nSPS) is 15.1. The zero-order valence-electron chi connectivity index (χ0n) is 18.2. The molecule has 0 bridgehead atoms. The predicted molar refractivity (Wildman–Crippen MR) is 124 cm³/mol. The van der Waals surface area contributed by atoms with E-state index in [1.807, 2.05) is 47.5 Å². The van der Waals surface area contributed by atoms with Gasteiger partial charge in [0, 0.05) is 31.1 Å². The fraction of sp³-hybridized carbons (Fsp3) is 0.308. The number of benzene rings is 1. The van der Waals surface area contributed by atoms with Crippen LogP contribution in [0.3, 0.4) is 0 Å². The fourth-order valence-electron chi connectivity index (χ4n) is 4.47. The summed E-state index contributed by atoms with van der Waals surface area (Å²) >= 11 is 0. The maximum absolute atomic E-state index is 4.47. The molecular formula is C26H28N6. The number of hydrogen-bond acceptors (Lipinski definition) is 5. The quantitative estimate of drug-likeness (QED) is 0.447. The van der Waals surface area contributed by atoms with Gasteiger partial charge >= 0.3 is 0 Å². The second-order valence-corrected chi connectivity index (χ2v) is 8.52. The highest BCUT2D eigenvalue weighted by Crippen LogP contribution is 2.29. The number of hydrogen-bond donors (Lipinski definition) is 0. The number of pyridine rings is 2. The topological polar surface area (TPSA) is 59.7 Å². The number of rotatable bonds is 7. The lowest BCUT2D eigenvalue weighted by atomic mass is 9.88. The first-order valence-electron chi connectivity index (χ1n) is 11.3. The van der Waals surface area contributed by atoms with Crippen LogP contribution in [-0.4, -0.2) is 43.0 Å². The molecule has 1 fully saturated rings. The van der Waals surface area contributed by atoms with Crippen molar-refractivity contribution in [2.45, 2.75) is 38.3 Å². The number of likely N-dealkylation sites (tertiary alicyclic amines) is 1. The van der Waals surface area contributed by atoms with Crippen molar-refractivity contribution in [3.8, 4) is 0 Å². The van der Waals surface area contributed by atoms with Crippen molar-refractivity contribution in [1.29, 1.82) is 0 Å². The van der Waals surface area contributed by atoms with Crippen LogP contribution in [-0.2, 0) is 19.5 Å². The molecule has 1 saturated heterocycles. The van der Waals surface area contributed by atoms with Crippen LogP contribution in [0.4, 0.5) is 0 Å². The Bertz CT molecular complexity index is 1120. The fourth-order valence-corrected chi connectivity index (χ4v) is 4.47. The molecule has 162 valence electrons. The second-order valence-electron chi connectivity index (χ2n) is 8.52. The van der Waals surface area contributed by atoms with E-state index in [0.29, 0.717) is 12.5 Å². The van der Waals surface area contributed by atoms with Crippen molar-refractivity contribution in [1.82, 2.24) is 29.9 Å². The van der Waals surface area contributed by atoms with Crippen molar-refractivity contribution in [3.05, 3.63) is 107 Å². The average Bonchev–Trinajstić information content (AvgIpc) is 3.27. The third-order valence-corrected chi connectivity index (χ3v) is 6.14. The molecule has 4 heterocycles. The molecule has 0 atom stereocenters. The van der Waals surface area contributed by atoms with E-state index >= 15 is 0 Å². The lowest BCUT2D eigenvalue weighted by Crippen LogP contribution is -2.32. The second kappa shape index (κ2) is 9.83. The molecule has 0 aliphatic carbocycles. The van der Waals surface area contributed by atoms with E-state index < -0.39 is 0 Å². The van der Waals surface area contributed by atoms with Crippen molar-refractivity contribution in [3.63, 3.8) is 0 Å². The van der Waals surface area contributed by atoms with E-state index in [4.69, 9.17) is 0 Å². The standard InChI is InChI=1S/C26H28N6/c1-3-12-27-24(8-1)17-21-6-5-7-23(16-21)22-10-14-31(15-11-22)18-26-20-32(30-29-26)19-25-9-2-4-13-28-25/h1-9,12-13,16,20,22H,10-11,14-15,17-19H2. The molecule has 3 aromatic heterocycles. The predicted octanol–water partition coefficient (Wildman–Crippen LogP) is 4.09. The van der Waals surface area contributed by atoms with E-state index in [9.17, 15) is 0 Å². The van der Waals surface area contributed by atoms with Gasteiger partial charge in [-0.1, -0.05) is 41.6 Å². The third kappa shape index (κ3) is 5.26. The summed E-state index contributed by atoms with van der Waals surface area (Å²) in [5.74, 6) is 0.620. The lowest BCUT2D eigenvalue weighted by Gasteiger charge is -2.31. The van der Waals surface area contributed by atoms with Gasteiger partial charge in [0.2, 0.25) is 0 Å². The number of nitrogens with zero attached hydrogens (tertiary/aromatic N) is 6. The van der Waals surface area contributed by atoms with Crippen LogP contribution in [0.2, 0.25) is 0 Å². The van der Waals surface area contributed by atoms with Crippen LogP contribution in [0.5, 0.6) is 0 Å². The molecule has 32 heavy (non-hydrogen) atoms. The highest BCUT2D eigenvalue weighted by molar-refractivity contribution is 5.29. The summed E-state index contributed by atoms with van der Waals surface area (Å²) in [4.78, 5) is 11.3. The van der Waals surface area contributed by atoms with Crippen LogP contribution < -0.4 is 0 Å². The Labute approximate surface area is 189 Å². The molecule has 6 nitrogen and oxygen atoms in total. The first kappa shape index (κ1) is 20.5. The minimum Gasteiger partial charge on any atom is -0.297 e. The van der Waals surface area contributed by atoms with Gasteiger partial charge in [0.1, 0.15) is 0 Å². The summed E-state index contributed by atoms with van der Waals surface area (Å²) < 4.78 is 1.87. The Kier molecular flexibility index (Phi) is 6.30. The molecular weight excluding hydrogens is 396 g/mol. The Morgan fingerprint density at radius 3 is 2.31 bits per heavy atom. The third-order valence-electron chi connectivity index (χ3n) is 6.14.